The third-order valence-electron chi connectivity index (χ3n) is 2.56. The van der Waals surface area contributed by atoms with E-state index in [1.165, 1.54) is 6.42 Å². The van der Waals surface area contributed by atoms with Gasteiger partial charge in [-0.05, 0) is 18.8 Å². The van der Waals surface area contributed by atoms with Crippen LogP contribution in [0.4, 0.5) is 0 Å². The summed E-state index contributed by atoms with van der Waals surface area (Å²) < 4.78 is 0. The van der Waals surface area contributed by atoms with Crippen LogP contribution >= 0.6 is 0 Å². The van der Waals surface area contributed by atoms with Crippen molar-refractivity contribution < 1.29 is 10.2 Å². The smallest absolute Gasteiger partial charge is 0.0580 e. The van der Waals surface area contributed by atoms with Gasteiger partial charge in [0.05, 0.1) is 12.7 Å². The lowest BCUT2D eigenvalue weighted by molar-refractivity contribution is 0.0690. The van der Waals surface area contributed by atoms with Gasteiger partial charge in [-0.1, -0.05) is 12.8 Å². The lowest BCUT2D eigenvalue weighted by atomic mass is 9.86. The Labute approximate surface area is 73.8 Å². The molecule has 0 amide bonds. The van der Waals surface area contributed by atoms with Crippen LogP contribution in [0.1, 0.15) is 25.7 Å². The average molecular weight is 173 g/mol. The van der Waals surface area contributed by atoms with Gasteiger partial charge in [-0.2, -0.15) is 0 Å². The van der Waals surface area contributed by atoms with Crippen molar-refractivity contribution in [1.82, 2.24) is 5.32 Å². The fourth-order valence-electron chi connectivity index (χ4n) is 1.79. The molecular weight excluding hydrogens is 154 g/mol. The van der Waals surface area contributed by atoms with Crippen LogP contribution < -0.4 is 5.32 Å². The Morgan fingerprint density at radius 1 is 1.25 bits per heavy atom. The molecule has 1 aliphatic carbocycles. The molecule has 12 heavy (non-hydrogen) atoms. The van der Waals surface area contributed by atoms with Crippen molar-refractivity contribution in [3.63, 3.8) is 0 Å². The van der Waals surface area contributed by atoms with Crippen LogP contribution in [0.25, 0.3) is 0 Å². The Balaban J connectivity index is 2.11. The minimum atomic E-state index is -0.120. The Morgan fingerprint density at radius 2 is 2.00 bits per heavy atom. The van der Waals surface area contributed by atoms with E-state index in [1.54, 1.807) is 0 Å². The number of hydrogen-bond acceptors (Lipinski definition) is 3. The average Bonchev–Trinajstić information content (AvgIpc) is 2.09. The van der Waals surface area contributed by atoms with E-state index in [0.29, 0.717) is 12.5 Å². The summed E-state index contributed by atoms with van der Waals surface area (Å²) >= 11 is 0. The fourth-order valence-corrected chi connectivity index (χ4v) is 1.79. The molecule has 1 rings (SSSR count). The zero-order chi connectivity index (χ0) is 8.81. The first kappa shape index (κ1) is 9.96. The summed E-state index contributed by atoms with van der Waals surface area (Å²) in [6.45, 7) is 1.67. The third kappa shape index (κ3) is 3.09. The van der Waals surface area contributed by atoms with E-state index in [9.17, 15) is 5.11 Å². The van der Waals surface area contributed by atoms with Crippen LogP contribution in [-0.2, 0) is 0 Å². The van der Waals surface area contributed by atoms with E-state index in [-0.39, 0.29) is 12.7 Å². The van der Waals surface area contributed by atoms with E-state index < -0.39 is 0 Å². The fraction of sp³-hybridized carbons (Fsp3) is 1.00. The summed E-state index contributed by atoms with van der Waals surface area (Å²) in [5.74, 6) is 0.408. The normalized spacial score (nSPS) is 30.5. The molecule has 0 bridgehead atoms. The van der Waals surface area contributed by atoms with Crippen LogP contribution in [0.3, 0.4) is 0 Å². The Kier molecular flexibility index (Phi) is 4.58. The van der Waals surface area contributed by atoms with Gasteiger partial charge in [-0.3, -0.25) is 0 Å². The van der Waals surface area contributed by atoms with E-state index >= 15 is 0 Å². The molecule has 3 nitrogen and oxygen atoms in total. The molecule has 0 aromatic carbocycles. The van der Waals surface area contributed by atoms with Gasteiger partial charge < -0.3 is 15.5 Å². The summed E-state index contributed by atoms with van der Waals surface area (Å²) in [7, 11) is 0. The van der Waals surface area contributed by atoms with E-state index in [2.05, 4.69) is 5.32 Å². The number of aliphatic hydroxyl groups excluding tert-OH is 2. The maximum atomic E-state index is 9.57. The molecule has 1 fully saturated rings. The number of hydrogen-bond donors (Lipinski definition) is 3. The van der Waals surface area contributed by atoms with E-state index in [1.807, 2.05) is 0 Å². The van der Waals surface area contributed by atoms with Gasteiger partial charge in [0.1, 0.15) is 0 Å². The zero-order valence-electron chi connectivity index (χ0n) is 7.50. The first-order chi connectivity index (χ1) is 5.84. The third-order valence-corrected chi connectivity index (χ3v) is 2.56. The van der Waals surface area contributed by atoms with E-state index in [4.69, 9.17) is 5.11 Å². The van der Waals surface area contributed by atoms with Gasteiger partial charge in [0.15, 0.2) is 0 Å². The lowest BCUT2D eigenvalue weighted by Gasteiger charge is -2.27. The number of aliphatic hydroxyl groups is 2. The van der Waals surface area contributed by atoms with Crippen molar-refractivity contribution in [1.29, 1.82) is 0 Å². The maximum Gasteiger partial charge on any atom is 0.0580 e. The first-order valence-electron chi connectivity index (χ1n) is 4.84. The highest BCUT2D eigenvalue weighted by Crippen LogP contribution is 2.23. The highest BCUT2D eigenvalue weighted by atomic mass is 16.3. The molecule has 0 aliphatic heterocycles. The molecule has 0 saturated heterocycles. The van der Waals surface area contributed by atoms with Crippen LogP contribution in [0.15, 0.2) is 0 Å². The highest BCUT2D eigenvalue weighted by molar-refractivity contribution is 4.75. The van der Waals surface area contributed by atoms with Gasteiger partial charge in [-0.15, -0.1) is 0 Å². The second-order valence-electron chi connectivity index (χ2n) is 3.54. The lowest BCUT2D eigenvalue weighted by Crippen LogP contribution is -2.34. The summed E-state index contributed by atoms with van der Waals surface area (Å²) in [4.78, 5) is 0. The van der Waals surface area contributed by atoms with Crippen molar-refractivity contribution in [3.8, 4) is 0 Å². The number of rotatable bonds is 4. The predicted octanol–water partition coefficient (Wildman–Crippen LogP) is 0.119. The molecule has 1 saturated carbocycles. The SMILES string of the molecule is OCCNCC1CCCCC1O. The Hall–Kier alpha value is -0.120. The highest BCUT2D eigenvalue weighted by Gasteiger charge is 2.21. The van der Waals surface area contributed by atoms with Crippen molar-refractivity contribution >= 4 is 0 Å². The van der Waals surface area contributed by atoms with E-state index in [0.717, 1.165) is 25.8 Å². The van der Waals surface area contributed by atoms with Gasteiger partial charge >= 0.3 is 0 Å². The van der Waals surface area contributed by atoms with Gasteiger partial charge in [0, 0.05) is 13.1 Å². The quantitative estimate of drug-likeness (QED) is 0.529. The van der Waals surface area contributed by atoms with Gasteiger partial charge in [-0.25, -0.2) is 0 Å². The molecule has 3 N–H and O–H groups in total. The number of nitrogens with one attached hydrogen (secondary N) is 1. The van der Waals surface area contributed by atoms with Gasteiger partial charge in [0.25, 0.3) is 0 Å². The first-order valence-corrected chi connectivity index (χ1v) is 4.84. The zero-order valence-corrected chi connectivity index (χ0v) is 7.50. The van der Waals surface area contributed by atoms with Crippen molar-refractivity contribution in [2.24, 2.45) is 5.92 Å². The second-order valence-corrected chi connectivity index (χ2v) is 3.54. The minimum absolute atomic E-state index is 0.120. The van der Waals surface area contributed by atoms with Crippen molar-refractivity contribution in [2.75, 3.05) is 19.7 Å². The largest absolute Gasteiger partial charge is 0.395 e. The topological polar surface area (TPSA) is 52.5 Å². The molecule has 1 aliphatic rings. The van der Waals surface area contributed by atoms with Crippen molar-refractivity contribution in [3.05, 3.63) is 0 Å². The Morgan fingerprint density at radius 3 is 2.67 bits per heavy atom. The molecular formula is C9H19NO2. The standard InChI is InChI=1S/C9H19NO2/c11-6-5-10-7-8-3-1-2-4-9(8)12/h8-12H,1-7H2. The molecule has 3 heteroatoms. The van der Waals surface area contributed by atoms with Crippen LogP contribution in [0.5, 0.6) is 0 Å². The predicted molar refractivity (Wildman–Crippen MR) is 47.9 cm³/mol. The van der Waals surface area contributed by atoms with Crippen LogP contribution in [0.2, 0.25) is 0 Å². The molecule has 0 radical (unpaired) electrons. The van der Waals surface area contributed by atoms with Crippen LogP contribution in [-0.4, -0.2) is 36.0 Å². The molecule has 2 atom stereocenters. The molecule has 72 valence electrons. The molecule has 0 heterocycles. The summed E-state index contributed by atoms with van der Waals surface area (Å²) in [6.07, 6.45) is 4.36. The van der Waals surface area contributed by atoms with Gasteiger partial charge in [0.2, 0.25) is 0 Å². The monoisotopic (exact) mass is 173 g/mol. The maximum absolute atomic E-state index is 9.57. The molecule has 0 aromatic heterocycles. The minimum Gasteiger partial charge on any atom is -0.395 e. The molecule has 0 spiro atoms. The second kappa shape index (κ2) is 5.51. The van der Waals surface area contributed by atoms with Crippen molar-refractivity contribution in [2.45, 2.75) is 31.8 Å². The summed E-state index contributed by atoms with van der Waals surface area (Å²) in [5.41, 5.74) is 0. The molecule has 0 aromatic rings. The molecule has 2 unspecified atom stereocenters. The van der Waals surface area contributed by atoms with Crippen LogP contribution in [0, 0.1) is 5.92 Å². The summed E-state index contributed by atoms with van der Waals surface area (Å²) in [5, 5.41) is 21.2. The summed E-state index contributed by atoms with van der Waals surface area (Å²) in [6, 6.07) is 0. The Bertz CT molecular complexity index is 119.